The Labute approximate surface area is 133 Å². The van der Waals surface area contributed by atoms with Gasteiger partial charge in [-0.3, -0.25) is 9.48 Å². The number of halogens is 1. The summed E-state index contributed by atoms with van der Waals surface area (Å²) in [6, 6.07) is 6.57. The Morgan fingerprint density at radius 1 is 1.50 bits per heavy atom. The van der Waals surface area contributed by atoms with Crippen molar-refractivity contribution in [2.75, 3.05) is 6.54 Å². The molecular weight excluding hydrogens is 306 g/mol. The Kier molecular flexibility index (Phi) is 4.85. The van der Waals surface area contributed by atoms with Crippen LogP contribution in [0.3, 0.4) is 0 Å². The number of hydrogen-bond donors (Lipinski definition) is 3. The second-order valence-electron chi connectivity index (χ2n) is 5.32. The Morgan fingerprint density at radius 3 is 2.77 bits per heavy atom. The van der Waals surface area contributed by atoms with E-state index in [9.17, 15) is 15.0 Å². The molecule has 118 valence electrons. The molecule has 3 N–H and O–H groups in total. The smallest absolute Gasteiger partial charge is 0.253 e. The van der Waals surface area contributed by atoms with Gasteiger partial charge in [-0.1, -0.05) is 29.8 Å². The van der Waals surface area contributed by atoms with Gasteiger partial charge < -0.3 is 15.5 Å². The van der Waals surface area contributed by atoms with Crippen molar-refractivity contribution in [3.63, 3.8) is 0 Å². The second-order valence-corrected chi connectivity index (χ2v) is 5.73. The monoisotopic (exact) mass is 323 g/mol. The summed E-state index contributed by atoms with van der Waals surface area (Å²) >= 11 is 5.95. The molecule has 0 fully saturated rings. The summed E-state index contributed by atoms with van der Waals surface area (Å²) in [4.78, 5) is 12.0. The van der Waals surface area contributed by atoms with Crippen LogP contribution in [0.4, 0.5) is 0 Å². The molecule has 6 nitrogen and oxygen atoms in total. The molecule has 0 saturated carbocycles. The molecule has 2 atom stereocenters. The first-order valence-corrected chi connectivity index (χ1v) is 7.11. The van der Waals surface area contributed by atoms with Gasteiger partial charge in [0.1, 0.15) is 5.60 Å². The predicted octanol–water partition coefficient (Wildman–Crippen LogP) is 1.13. The van der Waals surface area contributed by atoms with Gasteiger partial charge in [-0.05, 0) is 13.0 Å². The van der Waals surface area contributed by atoms with Gasteiger partial charge in [0.05, 0.1) is 12.7 Å². The molecule has 1 aromatic heterocycles. The van der Waals surface area contributed by atoms with Crippen LogP contribution in [0.5, 0.6) is 0 Å². The molecule has 0 radical (unpaired) electrons. The minimum absolute atomic E-state index is 0.0565. The van der Waals surface area contributed by atoms with Crippen LogP contribution in [-0.4, -0.2) is 32.4 Å². The number of carbonyl (C=O) groups is 1. The zero-order chi connectivity index (χ0) is 16.3. The topological polar surface area (TPSA) is 87.4 Å². The van der Waals surface area contributed by atoms with E-state index in [1.807, 2.05) is 0 Å². The van der Waals surface area contributed by atoms with Gasteiger partial charge in [0.2, 0.25) is 0 Å². The standard InChI is InChI=1S/C15H18ClN3O3/c1-15(22,10-7-18-19(2)8-10)9-17-14(21)13(20)11-5-3-4-6-12(11)16/h3-8,13,20,22H,9H2,1-2H3,(H,17,21)/t13-,15?/m1/s1. The van der Waals surface area contributed by atoms with Gasteiger partial charge in [-0.15, -0.1) is 0 Å². The number of aromatic nitrogens is 2. The largest absolute Gasteiger partial charge is 0.383 e. The molecule has 0 aliphatic carbocycles. The van der Waals surface area contributed by atoms with Crippen molar-refractivity contribution < 1.29 is 15.0 Å². The highest BCUT2D eigenvalue weighted by Crippen LogP contribution is 2.23. The van der Waals surface area contributed by atoms with Gasteiger partial charge in [0, 0.05) is 29.4 Å². The average molecular weight is 324 g/mol. The van der Waals surface area contributed by atoms with Crippen molar-refractivity contribution in [3.8, 4) is 0 Å². The summed E-state index contributed by atoms with van der Waals surface area (Å²) in [5, 5.41) is 27.2. The molecule has 0 aliphatic heterocycles. The summed E-state index contributed by atoms with van der Waals surface area (Å²) in [6.07, 6.45) is 1.80. The molecule has 7 heteroatoms. The number of aliphatic hydroxyl groups excluding tert-OH is 1. The van der Waals surface area contributed by atoms with Crippen LogP contribution in [-0.2, 0) is 17.4 Å². The van der Waals surface area contributed by atoms with E-state index in [0.717, 1.165) is 0 Å². The normalized spacial score (nSPS) is 15.1. The summed E-state index contributed by atoms with van der Waals surface area (Å²) < 4.78 is 1.56. The maximum Gasteiger partial charge on any atom is 0.253 e. The van der Waals surface area contributed by atoms with Gasteiger partial charge in [0.25, 0.3) is 5.91 Å². The average Bonchev–Trinajstić information content (AvgIpc) is 2.92. The number of aryl methyl sites for hydroxylation is 1. The fourth-order valence-electron chi connectivity index (χ4n) is 2.00. The lowest BCUT2D eigenvalue weighted by Crippen LogP contribution is -2.40. The molecule has 0 spiro atoms. The maximum absolute atomic E-state index is 12.0. The highest BCUT2D eigenvalue weighted by Gasteiger charge is 2.27. The lowest BCUT2D eigenvalue weighted by Gasteiger charge is -2.23. The molecule has 1 unspecified atom stereocenters. The minimum atomic E-state index is -1.39. The zero-order valence-electron chi connectivity index (χ0n) is 12.3. The van der Waals surface area contributed by atoms with Crippen LogP contribution in [0.15, 0.2) is 36.7 Å². The predicted molar refractivity (Wildman–Crippen MR) is 82.2 cm³/mol. The van der Waals surface area contributed by atoms with Crippen molar-refractivity contribution in [3.05, 3.63) is 52.8 Å². The quantitative estimate of drug-likeness (QED) is 0.770. The SMILES string of the molecule is Cn1cc(C(C)(O)CNC(=O)[C@H](O)c2ccccc2Cl)cn1. The van der Waals surface area contributed by atoms with Gasteiger partial charge in [-0.25, -0.2) is 0 Å². The maximum atomic E-state index is 12.0. The van der Waals surface area contributed by atoms with Crippen molar-refractivity contribution >= 4 is 17.5 Å². The number of nitrogens with one attached hydrogen (secondary N) is 1. The lowest BCUT2D eigenvalue weighted by molar-refractivity contribution is -0.130. The van der Waals surface area contributed by atoms with Crippen molar-refractivity contribution in [1.29, 1.82) is 0 Å². The Morgan fingerprint density at radius 2 is 2.18 bits per heavy atom. The summed E-state index contributed by atoms with van der Waals surface area (Å²) in [6.45, 7) is 1.51. The van der Waals surface area contributed by atoms with E-state index < -0.39 is 17.6 Å². The molecule has 1 aromatic carbocycles. The van der Waals surface area contributed by atoms with E-state index in [-0.39, 0.29) is 6.54 Å². The van der Waals surface area contributed by atoms with Crippen LogP contribution in [0.2, 0.25) is 5.02 Å². The number of carbonyl (C=O) groups excluding carboxylic acids is 1. The first-order valence-electron chi connectivity index (χ1n) is 6.73. The first-order chi connectivity index (χ1) is 10.3. The Bertz CT molecular complexity index is 670. The summed E-state index contributed by atoms with van der Waals surface area (Å²) in [7, 11) is 1.74. The minimum Gasteiger partial charge on any atom is -0.383 e. The van der Waals surface area contributed by atoms with E-state index in [2.05, 4.69) is 10.4 Å². The second kappa shape index (κ2) is 6.48. The van der Waals surface area contributed by atoms with Gasteiger partial charge in [-0.2, -0.15) is 5.10 Å². The number of nitrogens with zero attached hydrogens (tertiary/aromatic N) is 2. The third-order valence-electron chi connectivity index (χ3n) is 3.38. The highest BCUT2D eigenvalue weighted by atomic mass is 35.5. The van der Waals surface area contributed by atoms with Crippen LogP contribution in [0, 0.1) is 0 Å². The summed E-state index contributed by atoms with van der Waals surface area (Å²) in [5.41, 5.74) is -0.394. The van der Waals surface area contributed by atoms with E-state index >= 15 is 0 Å². The molecule has 1 heterocycles. The van der Waals surface area contributed by atoms with Crippen LogP contribution < -0.4 is 5.32 Å². The Balaban J connectivity index is 2.02. The number of hydrogen-bond acceptors (Lipinski definition) is 4. The van der Waals surface area contributed by atoms with E-state index in [0.29, 0.717) is 16.1 Å². The lowest BCUT2D eigenvalue weighted by atomic mass is 9.99. The van der Waals surface area contributed by atoms with Crippen molar-refractivity contribution in [1.82, 2.24) is 15.1 Å². The van der Waals surface area contributed by atoms with Crippen LogP contribution in [0.1, 0.15) is 24.2 Å². The third-order valence-corrected chi connectivity index (χ3v) is 3.73. The number of benzene rings is 1. The molecule has 22 heavy (non-hydrogen) atoms. The van der Waals surface area contributed by atoms with Gasteiger partial charge in [0.15, 0.2) is 6.10 Å². The molecule has 0 aliphatic rings. The van der Waals surface area contributed by atoms with E-state index in [1.54, 1.807) is 49.1 Å². The molecule has 1 amide bonds. The van der Waals surface area contributed by atoms with E-state index in [1.165, 1.54) is 6.20 Å². The van der Waals surface area contributed by atoms with Gasteiger partial charge >= 0.3 is 0 Å². The fourth-order valence-corrected chi connectivity index (χ4v) is 2.23. The fraction of sp³-hybridized carbons (Fsp3) is 0.333. The van der Waals surface area contributed by atoms with Crippen LogP contribution >= 0.6 is 11.6 Å². The van der Waals surface area contributed by atoms with Crippen LogP contribution in [0.25, 0.3) is 0 Å². The zero-order valence-corrected chi connectivity index (χ0v) is 13.1. The molecule has 0 saturated heterocycles. The molecule has 2 rings (SSSR count). The van der Waals surface area contributed by atoms with Crippen molar-refractivity contribution in [2.24, 2.45) is 7.05 Å². The van der Waals surface area contributed by atoms with Crippen molar-refractivity contribution in [2.45, 2.75) is 18.6 Å². The molecule has 0 bridgehead atoms. The highest BCUT2D eigenvalue weighted by molar-refractivity contribution is 6.31. The molecular formula is C15H18ClN3O3. The Hall–Kier alpha value is -1.89. The number of amides is 1. The molecule has 2 aromatic rings. The number of rotatable bonds is 5. The van der Waals surface area contributed by atoms with E-state index in [4.69, 9.17) is 11.6 Å². The first kappa shape index (κ1) is 16.5. The third kappa shape index (κ3) is 3.65. The summed E-state index contributed by atoms with van der Waals surface area (Å²) in [5.74, 6) is -0.628. The number of aliphatic hydroxyl groups is 2.